The summed E-state index contributed by atoms with van der Waals surface area (Å²) < 4.78 is 4.83. The van der Waals surface area contributed by atoms with Crippen LogP contribution in [-0.4, -0.2) is 42.4 Å². The average molecular weight is 320 g/mol. The molecule has 0 bridgehead atoms. The molecule has 22 heavy (non-hydrogen) atoms. The van der Waals surface area contributed by atoms with Gasteiger partial charge in [-0.3, -0.25) is 4.79 Å². The van der Waals surface area contributed by atoms with E-state index in [1.54, 1.807) is 5.38 Å². The maximum absolute atomic E-state index is 12.0. The molecule has 0 aliphatic heterocycles. The van der Waals surface area contributed by atoms with Crippen LogP contribution in [0.4, 0.5) is 0 Å². The number of aromatic nitrogens is 1. The molecule has 2 aromatic rings. The first kappa shape index (κ1) is 16.6. The van der Waals surface area contributed by atoms with Crippen molar-refractivity contribution in [3.8, 4) is 10.6 Å². The summed E-state index contributed by atoms with van der Waals surface area (Å²) in [4.78, 5) is 16.4. The van der Waals surface area contributed by atoms with Crippen molar-refractivity contribution >= 4 is 17.2 Å². The fourth-order valence-corrected chi connectivity index (χ4v) is 2.73. The number of amides is 1. The van der Waals surface area contributed by atoms with Gasteiger partial charge in [-0.2, -0.15) is 0 Å². The maximum Gasteiger partial charge on any atom is 0.270 e. The van der Waals surface area contributed by atoms with Gasteiger partial charge in [0.2, 0.25) is 0 Å². The maximum atomic E-state index is 12.0. The highest BCUT2D eigenvalue weighted by Crippen LogP contribution is 2.23. The van der Waals surface area contributed by atoms with Gasteiger partial charge in [-0.1, -0.05) is 29.8 Å². The molecule has 0 aliphatic carbocycles. The zero-order valence-corrected chi connectivity index (χ0v) is 13.5. The monoisotopic (exact) mass is 320 g/mol. The third-order valence-electron chi connectivity index (χ3n) is 3.16. The molecule has 2 N–H and O–H groups in total. The van der Waals surface area contributed by atoms with E-state index in [1.807, 2.05) is 31.2 Å². The van der Waals surface area contributed by atoms with Crippen LogP contribution in [0.25, 0.3) is 10.6 Å². The predicted octanol–water partition coefficient (Wildman–Crippen LogP) is 2.25. The minimum absolute atomic E-state index is 0.223. The molecule has 1 amide bonds. The normalized spacial score (nSPS) is 12.1. The Bertz CT molecular complexity index is 610. The van der Waals surface area contributed by atoms with Crippen molar-refractivity contribution in [1.29, 1.82) is 0 Å². The number of carbonyl (C=O) groups is 1. The summed E-state index contributed by atoms with van der Waals surface area (Å²) in [7, 11) is 1.53. The molecule has 0 spiro atoms. The number of aliphatic hydroxyl groups excluding tert-OH is 1. The first-order chi connectivity index (χ1) is 10.6. The number of ether oxygens (including phenoxy) is 1. The number of carbonyl (C=O) groups excluding carboxylic acids is 1. The SMILES string of the molecule is COCC(O)CCNC(=O)c1csc(-c2ccc(C)cc2)n1. The number of thiazole rings is 1. The molecule has 0 aliphatic rings. The van der Waals surface area contributed by atoms with Crippen LogP contribution in [0.3, 0.4) is 0 Å². The van der Waals surface area contributed by atoms with E-state index in [-0.39, 0.29) is 12.5 Å². The third kappa shape index (κ3) is 4.62. The van der Waals surface area contributed by atoms with Gasteiger partial charge in [0.25, 0.3) is 5.91 Å². The van der Waals surface area contributed by atoms with Gasteiger partial charge in [0.15, 0.2) is 0 Å². The molecule has 6 heteroatoms. The molecule has 0 saturated carbocycles. The van der Waals surface area contributed by atoms with Crippen molar-refractivity contribution in [2.75, 3.05) is 20.3 Å². The van der Waals surface area contributed by atoms with Gasteiger partial charge >= 0.3 is 0 Å². The Morgan fingerprint density at radius 2 is 2.14 bits per heavy atom. The molecule has 0 radical (unpaired) electrons. The molecule has 1 atom stereocenters. The van der Waals surface area contributed by atoms with Crippen LogP contribution in [0.15, 0.2) is 29.6 Å². The Balaban J connectivity index is 1.90. The molecule has 0 saturated heterocycles. The minimum atomic E-state index is -0.566. The minimum Gasteiger partial charge on any atom is -0.391 e. The summed E-state index contributed by atoms with van der Waals surface area (Å²) in [6.07, 6.45) is -0.113. The average Bonchev–Trinajstić information content (AvgIpc) is 2.98. The summed E-state index contributed by atoms with van der Waals surface area (Å²) in [6, 6.07) is 8.04. The first-order valence-electron chi connectivity index (χ1n) is 7.08. The van der Waals surface area contributed by atoms with Gasteiger partial charge in [0.1, 0.15) is 10.7 Å². The number of nitrogens with one attached hydrogen (secondary N) is 1. The lowest BCUT2D eigenvalue weighted by atomic mass is 10.2. The van der Waals surface area contributed by atoms with Gasteiger partial charge in [0.05, 0.1) is 12.7 Å². The fraction of sp³-hybridized carbons (Fsp3) is 0.375. The Labute approximate surface area is 134 Å². The molecule has 1 heterocycles. The smallest absolute Gasteiger partial charge is 0.270 e. The van der Waals surface area contributed by atoms with Gasteiger partial charge in [0, 0.05) is 24.6 Å². The van der Waals surface area contributed by atoms with Crippen molar-refractivity contribution in [3.05, 3.63) is 40.9 Å². The molecule has 118 valence electrons. The number of hydrogen-bond donors (Lipinski definition) is 2. The highest BCUT2D eigenvalue weighted by molar-refractivity contribution is 7.13. The Morgan fingerprint density at radius 1 is 1.41 bits per heavy atom. The van der Waals surface area contributed by atoms with Crippen molar-refractivity contribution in [2.45, 2.75) is 19.4 Å². The number of hydrogen-bond acceptors (Lipinski definition) is 5. The van der Waals surface area contributed by atoms with Crippen LogP contribution < -0.4 is 5.32 Å². The lowest BCUT2D eigenvalue weighted by Gasteiger charge is -2.09. The molecule has 1 aromatic heterocycles. The lowest BCUT2D eigenvalue weighted by molar-refractivity contribution is 0.0587. The predicted molar refractivity (Wildman–Crippen MR) is 87.1 cm³/mol. The zero-order chi connectivity index (χ0) is 15.9. The van der Waals surface area contributed by atoms with E-state index in [1.165, 1.54) is 24.0 Å². The number of benzene rings is 1. The van der Waals surface area contributed by atoms with Gasteiger partial charge < -0.3 is 15.2 Å². The molecular weight excluding hydrogens is 300 g/mol. The van der Waals surface area contributed by atoms with Crippen LogP contribution >= 0.6 is 11.3 Å². The molecule has 5 nitrogen and oxygen atoms in total. The highest BCUT2D eigenvalue weighted by Gasteiger charge is 2.12. The van der Waals surface area contributed by atoms with E-state index in [9.17, 15) is 9.90 Å². The molecule has 2 rings (SSSR count). The molecule has 0 fully saturated rings. The largest absolute Gasteiger partial charge is 0.391 e. The van der Waals surface area contributed by atoms with Gasteiger partial charge in [-0.25, -0.2) is 4.98 Å². The highest BCUT2D eigenvalue weighted by atomic mass is 32.1. The number of methoxy groups -OCH3 is 1. The Hall–Kier alpha value is -1.76. The molecule has 1 aromatic carbocycles. The second kappa shape index (κ2) is 8.03. The summed E-state index contributed by atoms with van der Waals surface area (Å²) in [5, 5.41) is 14.8. The van der Waals surface area contributed by atoms with E-state index >= 15 is 0 Å². The van der Waals surface area contributed by atoms with E-state index in [0.29, 0.717) is 18.7 Å². The van der Waals surface area contributed by atoms with Gasteiger partial charge in [-0.15, -0.1) is 11.3 Å². The van der Waals surface area contributed by atoms with Crippen LogP contribution in [0.1, 0.15) is 22.5 Å². The Morgan fingerprint density at radius 3 is 2.82 bits per heavy atom. The number of rotatable bonds is 7. The number of aliphatic hydroxyl groups is 1. The lowest BCUT2D eigenvalue weighted by Crippen LogP contribution is -2.28. The second-order valence-electron chi connectivity index (χ2n) is 5.06. The number of nitrogens with zero attached hydrogens (tertiary/aromatic N) is 1. The third-order valence-corrected chi connectivity index (χ3v) is 4.05. The molecule has 1 unspecified atom stereocenters. The topological polar surface area (TPSA) is 71.5 Å². The van der Waals surface area contributed by atoms with Gasteiger partial charge in [-0.05, 0) is 13.3 Å². The van der Waals surface area contributed by atoms with Crippen LogP contribution in [0.2, 0.25) is 0 Å². The van der Waals surface area contributed by atoms with Crippen LogP contribution in [0, 0.1) is 6.92 Å². The van der Waals surface area contributed by atoms with Crippen LogP contribution in [0.5, 0.6) is 0 Å². The fourth-order valence-electron chi connectivity index (χ4n) is 1.93. The summed E-state index contributed by atoms with van der Waals surface area (Å²) in [5.41, 5.74) is 2.60. The first-order valence-corrected chi connectivity index (χ1v) is 7.96. The van der Waals surface area contributed by atoms with E-state index in [2.05, 4.69) is 10.3 Å². The van der Waals surface area contributed by atoms with Crippen molar-refractivity contribution < 1.29 is 14.6 Å². The standard InChI is InChI=1S/C16H20N2O3S/c1-11-3-5-12(6-4-11)16-18-14(10-22-16)15(20)17-8-7-13(19)9-21-2/h3-6,10,13,19H,7-9H2,1-2H3,(H,17,20). The van der Waals surface area contributed by atoms with Crippen LogP contribution in [-0.2, 0) is 4.74 Å². The summed E-state index contributed by atoms with van der Waals surface area (Å²) in [6.45, 7) is 2.69. The zero-order valence-electron chi connectivity index (χ0n) is 12.7. The van der Waals surface area contributed by atoms with E-state index < -0.39 is 6.10 Å². The summed E-state index contributed by atoms with van der Waals surface area (Å²) in [5.74, 6) is -0.223. The van der Waals surface area contributed by atoms with Crippen molar-refractivity contribution in [2.24, 2.45) is 0 Å². The van der Waals surface area contributed by atoms with Crippen molar-refractivity contribution in [3.63, 3.8) is 0 Å². The van der Waals surface area contributed by atoms with E-state index in [0.717, 1.165) is 10.6 Å². The molecular formula is C16H20N2O3S. The number of aryl methyl sites for hydroxylation is 1. The second-order valence-corrected chi connectivity index (χ2v) is 5.92. The van der Waals surface area contributed by atoms with Crippen molar-refractivity contribution in [1.82, 2.24) is 10.3 Å². The van der Waals surface area contributed by atoms with E-state index in [4.69, 9.17) is 4.74 Å². The summed E-state index contributed by atoms with van der Waals surface area (Å²) >= 11 is 1.44. The quantitative estimate of drug-likeness (QED) is 0.821. The Kier molecular flexibility index (Phi) is 6.06.